The number of fused-ring (bicyclic) bond motifs is 2. The predicted octanol–water partition coefficient (Wildman–Crippen LogP) is 5.17. The van der Waals surface area contributed by atoms with Crippen molar-refractivity contribution in [1.82, 2.24) is 4.90 Å². The summed E-state index contributed by atoms with van der Waals surface area (Å²) in [6.07, 6.45) is 24.9. The van der Waals surface area contributed by atoms with Crippen molar-refractivity contribution >= 4 is 0 Å². The van der Waals surface area contributed by atoms with Crippen LogP contribution in [0.4, 0.5) is 0 Å². The lowest BCUT2D eigenvalue weighted by Crippen LogP contribution is -2.42. The minimum atomic E-state index is -0.313. The second-order valence-corrected chi connectivity index (χ2v) is 8.49. The Kier molecular flexibility index (Phi) is 4.69. The number of piperidine rings is 1. The fourth-order valence-corrected chi connectivity index (χ4v) is 5.79. The summed E-state index contributed by atoms with van der Waals surface area (Å²) in [7, 11) is 2.30. The molecular formula is C23H30N2. The Morgan fingerprint density at radius 3 is 2.56 bits per heavy atom. The monoisotopic (exact) mass is 334 g/mol. The Balaban J connectivity index is 1.62. The lowest BCUT2D eigenvalue weighted by Gasteiger charge is -2.43. The van der Waals surface area contributed by atoms with Crippen LogP contribution >= 0.6 is 0 Å². The van der Waals surface area contributed by atoms with Crippen LogP contribution < -0.4 is 0 Å². The first-order valence-electron chi connectivity index (χ1n) is 10.1. The molecule has 2 heteroatoms. The molecule has 1 unspecified atom stereocenters. The van der Waals surface area contributed by atoms with E-state index in [0.717, 1.165) is 37.8 Å². The topological polar surface area (TPSA) is 27.0 Å². The Labute approximate surface area is 152 Å². The van der Waals surface area contributed by atoms with Gasteiger partial charge in [0.2, 0.25) is 0 Å². The maximum atomic E-state index is 10.4. The molecule has 5 atom stereocenters. The van der Waals surface area contributed by atoms with E-state index in [-0.39, 0.29) is 5.41 Å². The van der Waals surface area contributed by atoms with Gasteiger partial charge in [-0.05, 0) is 69.9 Å². The van der Waals surface area contributed by atoms with E-state index in [2.05, 4.69) is 60.5 Å². The summed E-state index contributed by atoms with van der Waals surface area (Å²) in [5.74, 6) is 1.03. The van der Waals surface area contributed by atoms with E-state index in [1.54, 1.807) is 0 Å². The van der Waals surface area contributed by atoms with Crippen molar-refractivity contribution < 1.29 is 0 Å². The largest absolute Gasteiger partial charge is 0.300 e. The Morgan fingerprint density at radius 2 is 1.96 bits per heavy atom. The molecule has 132 valence electrons. The molecule has 0 aromatic heterocycles. The smallest absolute Gasteiger partial charge is 0.0853 e. The fourth-order valence-electron chi connectivity index (χ4n) is 5.79. The molecule has 0 radical (unpaired) electrons. The lowest BCUT2D eigenvalue weighted by atomic mass is 9.61. The molecule has 2 fully saturated rings. The standard InChI is InChI=1S/C23H30N2/c1-25-21-12-13-22(25)15-18(14-21)16-23(17-24,19-8-4-2-5-9-19)20-10-6-3-7-11-20/h2-6,8,10,18-19,21-22H,7,9,11-16H2,1H3/t18?,19-,21-,22+,23-/m0/s1. The zero-order chi connectivity index (χ0) is 17.3. The Hall–Kier alpha value is -1.59. The van der Waals surface area contributed by atoms with Crippen molar-refractivity contribution in [2.45, 2.75) is 63.5 Å². The summed E-state index contributed by atoms with van der Waals surface area (Å²) < 4.78 is 0. The van der Waals surface area contributed by atoms with E-state index < -0.39 is 0 Å². The Morgan fingerprint density at radius 1 is 1.16 bits per heavy atom. The number of hydrogen-bond donors (Lipinski definition) is 0. The maximum Gasteiger partial charge on any atom is 0.0853 e. The SMILES string of the molecule is CN1[C@@H]2CC[C@H]1CC(C[C@@](C#N)(C1=CC=CCC1)[C@H]1C=CC=CC1)C2. The van der Waals surface area contributed by atoms with Crippen LogP contribution in [-0.2, 0) is 0 Å². The highest BCUT2D eigenvalue weighted by Crippen LogP contribution is 2.50. The van der Waals surface area contributed by atoms with Crippen LogP contribution in [0, 0.1) is 28.6 Å². The first-order chi connectivity index (χ1) is 12.2. The zero-order valence-corrected chi connectivity index (χ0v) is 15.4. The minimum Gasteiger partial charge on any atom is -0.300 e. The van der Waals surface area contributed by atoms with Gasteiger partial charge in [-0.2, -0.15) is 5.26 Å². The molecule has 0 aromatic rings. The molecule has 2 nitrogen and oxygen atoms in total. The van der Waals surface area contributed by atoms with Crippen LogP contribution in [-0.4, -0.2) is 24.0 Å². The van der Waals surface area contributed by atoms with Crippen molar-refractivity contribution in [3.8, 4) is 6.07 Å². The van der Waals surface area contributed by atoms with Gasteiger partial charge in [0.05, 0.1) is 11.5 Å². The highest BCUT2D eigenvalue weighted by molar-refractivity contribution is 5.35. The van der Waals surface area contributed by atoms with Gasteiger partial charge in [-0.25, -0.2) is 0 Å². The summed E-state index contributed by atoms with van der Waals surface area (Å²) in [5, 5.41) is 10.4. The quantitative estimate of drug-likeness (QED) is 0.709. The van der Waals surface area contributed by atoms with Crippen molar-refractivity contribution in [3.05, 3.63) is 48.1 Å². The van der Waals surface area contributed by atoms with Crippen LogP contribution in [0.2, 0.25) is 0 Å². The normalized spacial score (nSPS) is 36.7. The summed E-state index contributed by atoms with van der Waals surface area (Å²) in [6, 6.07) is 4.37. The minimum absolute atomic E-state index is 0.313. The molecule has 0 N–H and O–H groups in total. The number of nitriles is 1. The molecular weight excluding hydrogens is 304 g/mol. The van der Waals surface area contributed by atoms with Gasteiger partial charge in [-0.15, -0.1) is 0 Å². The number of allylic oxidation sites excluding steroid dienone is 8. The van der Waals surface area contributed by atoms with Gasteiger partial charge in [0, 0.05) is 18.0 Å². The van der Waals surface area contributed by atoms with Gasteiger partial charge >= 0.3 is 0 Å². The second-order valence-electron chi connectivity index (χ2n) is 8.49. The second kappa shape index (κ2) is 6.96. The predicted molar refractivity (Wildman–Crippen MR) is 103 cm³/mol. The van der Waals surface area contributed by atoms with Crippen LogP contribution in [0.3, 0.4) is 0 Å². The average Bonchev–Trinajstić information content (AvgIpc) is 2.88. The van der Waals surface area contributed by atoms with E-state index in [9.17, 15) is 5.26 Å². The molecule has 25 heavy (non-hydrogen) atoms. The van der Waals surface area contributed by atoms with E-state index in [4.69, 9.17) is 0 Å². The number of hydrogen-bond acceptors (Lipinski definition) is 2. The molecule has 2 heterocycles. The van der Waals surface area contributed by atoms with Crippen LogP contribution in [0.25, 0.3) is 0 Å². The molecule has 0 amide bonds. The van der Waals surface area contributed by atoms with Crippen LogP contribution in [0.5, 0.6) is 0 Å². The molecule has 4 rings (SSSR count). The third kappa shape index (κ3) is 3.04. The number of rotatable bonds is 4. The van der Waals surface area contributed by atoms with Crippen molar-refractivity contribution in [3.63, 3.8) is 0 Å². The van der Waals surface area contributed by atoms with Gasteiger partial charge in [0.15, 0.2) is 0 Å². The summed E-state index contributed by atoms with van der Waals surface area (Å²) in [6.45, 7) is 0. The van der Waals surface area contributed by atoms with E-state index >= 15 is 0 Å². The summed E-state index contributed by atoms with van der Waals surface area (Å²) in [5.41, 5.74) is 1.07. The van der Waals surface area contributed by atoms with Crippen molar-refractivity contribution in [2.75, 3.05) is 7.05 Å². The van der Waals surface area contributed by atoms with Crippen LogP contribution in [0.15, 0.2) is 48.1 Å². The molecule has 0 saturated carbocycles. The van der Waals surface area contributed by atoms with Gasteiger partial charge in [-0.1, -0.05) is 42.5 Å². The van der Waals surface area contributed by atoms with Crippen molar-refractivity contribution in [1.29, 1.82) is 5.26 Å². The average molecular weight is 335 g/mol. The lowest BCUT2D eigenvalue weighted by molar-refractivity contribution is 0.107. The number of nitrogens with zero attached hydrogens (tertiary/aromatic N) is 2. The summed E-state index contributed by atoms with van der Waals surface area (Å²) in [4.78, 5) is 2.61. The zero-order valence-electron chi connectivity index (χ0n) is 15.4. The molecule has 2 aliphatic heterocycles. The van der Waals surface area contributed by atoms with Crippen molar-refractivity contribution in [2.24, 2.45) is 17.3 Å². The first kappa shape index (κ1) is 16.9. The molecule has 4 aliphatic rings. The molecule has 2 saturated heterocycles. The highest BCUT2D eigenvalue weighted by atomic mass is 15.2. The summed E-state index contributed by atoms with van der Waals surface area (Å²) >= 11 is 0. The van der Waals surface area contributed by atoms with E-state index in [1.165, 1.54) is 31.3 Å². The first-order valence-corrected chi connectivity index (χ1v) is 10.1. The van der Waals surface area contributed by atoms with Gasteiger partial charge in [0.1, 0.15) is 0 Å². The van der Waals surface area contributed by atoms with E-state index in [0.29, 0.717) is 11.8 Å². The third-order valence-corrected chi connectivity index (χ3v) is 7.21. The molecule has 0 aromatic carbocycles. The highest BCUT2D eigenvalue weighted by Gasteiger charge is 2.46. The fraction of sp³-hybridized carbons (Fsp3) is 0.609. The molecule has 0 spiro atoms. The molecule has 2 bridgehead atoms. The van der Waals surface area contributed by atoms with E-state index in [1.807, 2.05) is 0 Å². The van der Waals surface area contributed by atoms with Gasteiger partial charge < -0.3 is 4.90 Å². The van der Waals surface area contributed by atoms with Gasteiger partial charge in [-0.3, -0.25) is 0 Å². The third-order valence-electron chi connectivity index (χ3n) is 7.21. The molecule has 2 aliphatic carbocycles. The Bertz CT molecular complexity index is 648. The van der Waals surface area contributed by atoms with Crippen LogP contribution in [0.1, 0.15) is 51.4 Å². The van der Waals surface area contributed by atoms with Gasteiger partial charge in [0.25, 0.3) is 0 Å². The maximum absolute atomic E-state index is 10.4.